The van der Waals surface area contributed by atoms with Crippen LogP contribution in [0.5, 0.6) is 11.5 Å². The Labute approximate surface area is 179 Å². The van der Waals surface area contributed by atoms with E-state index in [0.29, 0.717) is 29.3 Å². The number of carbonyl (C=O) groups excluding carboxylic acids is 1. The first-order valence-electron chi connectivity index (χ1n) is 11.4. The molecule has 0 unspecified atom stereocenters. The van der Waals surface area contributed by atoms with Gasteiger partial charge in [0, 0.05) is 24.5 Å². The highest BCUT2D eigenvalue weighted by Crippen LogP contribution is 2.43. The average molecular weight is 419 g/mol. The van der Waals surface area contributed by atoms with E-state index in [4.69, 9.17) is 23.7 Å². The second-order valence-electron chi connectivity index (χ2n) is 8.84. The van der Waals surface area contributed by atoms with Crippen LogP contribution in [-0.2, 0) is 14.2 Å². The fourth-order valence-corrected chi connectivity index (χ4v) is 5.07. The molecule has 2 saturated heterocycles. The lowest BCUT2D eigenvalue weighted by molar-refractivity contribution is -0.214. The summed E-state index contributed by atoms with van der Waals surface area (Å²) in [6.07, 6.45) is 11.2. The summed E-state index contributed by atoms with van der Waals surface area (Å²) in [7, 11) is 3.17. The van der Waals surface area contributed by atoms with Crippen LogP contribution >= 0.6 is 0 Å². The fraction of sp³-hybridized carbons (Fsp3) is 0.708. The number of methoxy groups -OCH3 is 2. The molecule has 6 nitrogen and oxygen atoms in total. The second kappa shape index (κ2) is 9.15. The maximum atomic E-state index is 12.3. The number of carbonyl (C=O) groups is 1. The largest absolute Gasteiger partial charge is 0.497 e. The normalized spacial score (nSPS) is 30.0. The number of hydrogen-bond acceptors (Lipinski definition) is 6. The third-order valence-corrected chi connectivity index (χ3v) is 6.68. The zero-order valence-electron chi connectivity index (χ0n) is 18.4. The Kier molecular flexibility index (Phi) is 6.54. The van der Waals surface area contributed by atoms with E-state index in [-0.39, 0.29) is 17.9 Å². The van der Waals surface area contributed by atoms with Crippen molar-refractivity contribution >= 4 is 5.97 Å². The first-order chi connectivity index (χ1) is 14.5. The van der Waals surface area contributed by atoms with Gasteiger partial charge in [-0.2, -0.15) is 0 Å². The minimum absolute atomic E-state index is 0.212. The molecular weight excluding hydrogens is 384 g/mol. The highest BCUT2D eigenvalue weighted by molar-refractivity contribution is 5.97. The van der Waals surface area contributed by atoms with Crippen LogP contribution in [0.2, 0.25) is 0 Å². The van der Waals surface area contributed by atoms with Gasteiger partial charge in [0.05, 0.1) is 26.4 Å². The maximum absolute atomic E-state index is 12.3. The van der Waals surface area contributed by atoms with Crippen LogP contribution in [0.3, 0.4) is 0 Å². The highest BCUT2D eigenvalue weighted by Gasteiger charge is 2.45. The molecule has 3 aliphatic heterocycles. The van der Waals surface area contributed by atoms with Crippen molar-refractivity contribution in [3.05, 3.63) is 23.3 Å². The quantitative estimate of drug-likeness (QED) is 0.399. The number of rotatable bonds is 9. The lowest BCUT2D eigenvalue weighted by Crippen LogP contribution is -2.28. The van der Waals surface area contributed by atoms with Crippen LogP contribution in [0.4, 0.5) is 0 Å². The Morgan fingerprint density at radius 3 is 2.47 bits per heavy atom. The average Bonchev–Trinajstić information content (AvgIpc) is 3.41. The molecule has 0 aliphatic carbocycles. The van der Waals surface area contributed by atoms with Gasteiger partial charge in [-0.25, -0.2) is 4.79 Å². The summed E-state index contributed by atoms with van der Waals surface area (Å²) in [4.78, 5) is 12.3. The molecular formula is C24H34O6. The van der Waals surface area contributed by atoms with E-state index in [0.717, 1.165) is 56.9 Å². The lowest BCUT2D eigenvalue weighted by Gasteiger charge is -2.24. The van der Waals surface area contributed by atoms with Crippen LogP contribution in [0.1, 0.15) is 93.2 Å². The van der Waals surface area contributed by atoms with Gasteiger partial charge < -0.3 is 23.7 Å². The van der Waals surface area contributed by atoms with Gasteiger partial charge in [0.25, 0.3) is 0 Å². The van der Waals surface area contributed by atoms with Crippen molar-refractivity contribution in [1.29, 1.82) is 0 Å². The Morgan fingerprint density at radius 1 is 1.00 bits per heavy atom. The summed E-state index contributed by atoms with van der Waals surface area (Å²) in [6.45, 7) is 2.14. The molecule has 4 rings (SSSR count). The number of hydrogen-bond donors (Lipinski definition) is 0. The van der Waals surface area contributed by atoms with Gasteiger partial charge in [0.1, 0.15) is 23.2 Å². The van der Waals surface area contributed by atoms with Crippen molar-refractivity contribution < 1.29 is 28.5 Å². The molecule has 3 heterocycles. The Balaban J connectivity index is 1.19. The van der Waals surface area contributed by atoms with Gasteiger partial charge in [0.15, 0.2) is 5.79 Å². The minimum Gasteiger partial charge on any atom is -0.497 e. The van der Waals surface area contributed by atoms with Crippen molar-refractivity contribution in [2.45, 2.75) is 95.2 Å². The molecule has 0 saturated carbocycles. The lowest BCUT2D eigenvalue weighted by atomic mass is 9.98. The number of ether oxygens (including phenoxy) is 5. The molecule has 2 fully saturated rings. The van der Waals surface area contributed by atoms with E-state index in [2.05, 4.69) is 6.92 Å². The van der Waals surface area contributed by atoms with Gasteiger partial charge in [-0.1, -0.05) is 19.3 Å². The molecule has 0 N–H and O–H groups in total. The van der Waals surface area contributed by atoms with E-state index in [1.807, 2.05) is 6.07 Å². The molecule has 1 aromatic rings. The monoisotopic (exact) mass is 418 g/mol. The van der Waals surface area contributed by atoms with Gasteiger partial charge in [-0.3, -0.25) is 0 Å². The SMILES string of the molecule is COc1cc(OC)c2c(c1)[C@@H](CCCCCC[C@@H]1CC[C@@]3(CC[C@@H](C)O3)O1)OC2=O. The van der Waals surface area contributed by atoms with Crippen molar-refractivity contribution in [3.8, 4) is 11.5 Å². The number of benzene rings is 1. The summed E-state index contributed by atoms with van der Waals surface area (Å²) in [5.41, 5.74) is 1.42. The third-order valence-electron chi connectivity index (χ3n) is 6.68. The van der Waals surface area contributed by atoms with Crippen LogP contribution in [0.25, 0.3) is 0 Å². The molecule has 0 aromatic heterocycles. The zero-order valence-corrected chi connectivity index (χ0v) is 18.4. The molecule has 6 heteroatoms. The van der Waals surface area contributed by atoms with Gasteiger partial charge in [0.2, 0.25) is 0 Å². The predicted octanol–water partition coefficient (Wildman–Crippen LogP) is 5.33. The summed E-state index contributed by atoms with van der Waals surface area (Å²) in [5.74, 6) is 0.632. The Bertz CT molecular complexity index is 762. The number of unbranched alkanes of at least 4 members (excludes halogenated alkanes) is 3. The van der Waals surface area contributed by atoms with Crippen LogP contribution in [0.15, 0.2) is 12.1 Å². The van der Waals surface area contributed by atoms with E-state index in [1.165, 1.54) is 12.8 Å². The van der Waals surface area contributed by atoms with Crippen molar-refractivity contribution in [2.24, 2.45) is 0 Å². The first kappa shape index (κ1) is 21.4. The molecule has 3 aliphatic rings. The molecule has 1 spiro atoms. The number of fused-ring (bicyclic) bond motifs is 1. The summed E-state index contributed by atoms with van der Waals surface area (Å²) < 4.78 is 28.6. The minimum atomic E-state index is -0.301. The summed E-state index contributed by atoms with van der Waals surface area (Å²) in [6, 6.07) is 3.63. The molecule has 166 valence electrons. The predicted molar refractivity (Wildman–Crippen MR) is 112 cm³/mol. The summed E-state index contributed by atoms with van der Waals surface area (Å²) in [5, 5.41) is 0. The van der Waals surface area contributed by atoms with E-state index >= 15 is 0 Å². The first-order valence-corrected chi connectivity index (χ1v) is 11.4. The van der Waals surface area contributed by atoms with E-state index in [1.54, 1.807) is 20.3 Å². The van der Waals surface area contributed by atoms with Crippen molar-refractivity contribution in [3.63, 3.8) is 0 Å². The Hall–Kier alpha value is -1.79. The smallest absolute Gasteiger partial charge is 0.342 e. The maximum Gasteiger partial charge on any atom is 0.342 e. The number of cyclic esters (lactones) is 1. The molecule has 0 amide bonds. The molecule has 0 bridgehead atoms. The van der Waals surface area contributed by atoms with Crippen LogP contribution in [0, 0.1) is 0 Å². The summed E-state index contributed by atoms with van der Waals surface area (Å²) >= 11 is 0. The standard InChI is InChI=1S/C24H34O6/c1-16-10-12-24(29-16)13-11-17(30-24)8-6-4-5-7-9-20-19-14-18(26-2)15-21(27-3)22(19)23(25)28-20/h14-17,20H,4-13H2,1-3H3/t16-,17-,20-,24-/m1/s1. The van der Waals surface area contributed by atoms with Crippen molar-refractivity contribution in [2.75, 3.05) is 14.2 Å². The zero-order chi connectivity index (χ0) is 21.1. The van der Waals surface area contributed by atoms with Gasteiger partial charge >= 0.3 is 5.97 Å². The van der Waals surface area contributed by atoms with Gasteiger partial charge in [-0.05, 0) is 45.1 Å². The van der Waals surface area contributed by atoms with Crippen molar-refractivity contribution in [1.82, 2.24) is 0 Å². The molecule has 0 radical (unpaired) electrons. The topological polar surface area (TPSA) is 63.2 Å². The van der Waals surface area contributed by atoms with Gasteiger partial charge in [-0.15, -0.1) is 0 Å². The van der Waals surface area contributed by atoms with E-state index < -0.39 is 0 Å². The fourth-order valence-electron chi connectivity index (χ4n) is 5.07. The van der Waals surface area contributed by atoms with Crippen LogP contribution < -0.4 is 9.47 Å². The molecule has 4 atom stereocenters. The number of esters is 1. The van der Waals surface area contributed by atoms with Crippen LogP contribution in [-0.4, -0.2) is 38.2 Å². The third kappa shape index (κ3) is 4.45. The van der Waals surface area contributed by atoms with E-state index in [9.17, 15) is 4.79 Å². The second-order valence-corrected chi connectivity index (χ2v) is 8.84. The Morgan fingerprint density at radius 2 is 1.77 bits per heavy atom. The molecule has 1 aromatic carbocycles. The highest BCUT2D eigenvalue weighted by atomic mass is 16.7. The molecule has 30 heavy (non-hydrogen) atoms.